The van der Waals surface area contributed by atoms with Crippen molar-refractivity contribution < 1.29 is 4.79 Å². The van der Waals surface area contributed by atoms with Crippen LogP contribution in [0.25, 0.3) is 0 Å². The molecule has 23 heavy (non-hydrogen) atoms. The van der Waals surface area contributed by atoms with E-state index in [1.54, 1.807) is 0 Å². The summed E-state index contributed by atoms with van der Waals surface area (Å²) in [5.41, 5.74) is 6.49. The van der Waals surface area contributed by atoms with Gasteiger partial charge in [0.15, 0.2) is 0 Å². The third-order valence-corrected chi connectivity index (χ3v) is 4.18. The van der Waals surface area contributed by atoms with Crippen LogP contribution in [0.2, 0.25) is 0 Å². The number of piperidine rings is 1. The van der Waals surface area contributed by atoms with Gasteiger partial charge < -0.3 is 16.0 Å². The zero-order valence-corrected chi connectivity index (χ0v) is 15.5. The summed E-state index contributed by atoms with van der Waals surface area (Å²) in [7, 11) is 0. The van der Waals surface area contributed by atoms with Crippen LogP contribution in [0.4, 0.5) is 5.82 Å². The molecule has 132 valence electrons. The number of aromatic nitrogens is 1. The van der Waals surface area contributed by atoms with Crippen LogP contribution in [0.1, 0.15) is 32.3 Å². The van der Waals surface area contributed by atoms with Crippen molar-refractivity contribution in [1.82, 2.24) is 10.3 Å². The highest BCUT2D eigenvalue weighted by Gasteiger charge is 2.16. The van der Waals surface area contributed by atoms with Gasteiger partial charge in [-0.1, -0.05) is 19.9 Å². The molecule has 7 heteroatoms. The molecule has 0 bridgehead atoms. The molecule has 0 aromatic carbocycles. The van der Waals surface area contributed by atoms with E-state index in [1.165, 1.54) is 12.8 Å². The van der Waals surface area contributed by atoms with Gasteiger partial charge in [-0.3, -0.25) is 4.79 Å². The molecule has 0 radical (unpaired) electrons. The molecule has 0 saturated carbocycles. The Bertz CT molecular complexity index is 462. The second kappa shape index (κ2) is 10.7. The van der Waals surface area contributed by atoms with Crippen molar-refractivity contribution in [3.05, 3.63) is 23.9 Å². The van der Waals surface area contributed by atoms with E-state index in [1.807, 2.05) is 25.3 Å². The maximum Gasteiger partial charge on any atom is 0.224 e. The SMILES string of the molecule is CC1CCN(c2ccc(CNC(=O)C(C)CN)cn2)CC1.Cl.Cl. The molecule has 2 heterocycles. The maximum atomic E-state index is 11.7. The number of nitrogens with zero attached hydrogens (tertiary/aromatic N) is 2. The summed E-state index contributed by atoms with van der Waals surface area (Å²) in [4.78, 5) is 18.5. The molecule has 1 fully saturated rings. The molecule has 1 unspecified atom stereocenters. The number of amides is 1. The van der Waals surface area contributed by atoms with Gasteiger partial charge in [0.1, 0.15) is 5.82 Å². The van der Waals surface area contributed by atoms with Gasteiger partial charge >= 0.3 is 0 Å². The largest absolute Gasteiger partial charge is 0.357 e. The number of carbonyl (C=O) groups excluding carboxylic acids is 1. The van der Waals surface area contributed by atoms with E-state index in [0.29, 0.717) is 13.1 Å². The Balaban J connectivity index is 0.00000242. The molecule has 3 N–H and O–H groups in total. The second-order valence-corrected chi connectivity index (χ2v) is 6.05. The Morgan fingerprint density at radius 1 is 1.39 bits per heavy atom. The third-order valence-electron chi connectivity index (χ3n) is 4.18. The lowest BCUT2D eigenvalue weighted by Gasteiger charge is -2.31. The van der Waals surface area contributed by atoms with Crippen molar-refractivity contribution in [2.24, 2.45) is 17.6 Å². The Kier molecular flexibility index (Phi) is 10.2. The van der Waals surface area contributed by atoms with Crippen LogP contribution < -0.4 is 16.0 Å². The minimum absolute atomic E-state index is 0. The number of pyridine rings is 1. The average Bonchev–Trinajstić information content (AvgIpc) is 2.53. The number of hydrogen-bond acceptors (Lipinski definition) is 4. The fourth-order valence-electron chi connectivity index (χ4n) is 2.42. The quantitative estimate of drug-likeness (QED) is 0.843. The van der Waals surface area contributed by atoms with E-state index in [2.05, 4.69) is 22.1 Å². The zero-order valence-electron chi connectivity index (χ0n) is 13.8. The van der Waals surface area contributed by atoms with E-state index in [9.17, 15) is 4.79 Å². The molecule has 5 nitrogen and oxygen atoms in total. The van der Waals surface area contributed by atoms with E-state index >= 15 is 0 Å². The number of rotatable bonds is 5. The van der Waals surface area contributed by atoms with E-state index < -0.39 is 0 Å². The first-order chi connectivity index (χ1) is 10.1. The lowest BCUT2D eigenvalue weighted by molar-refractivity contribution is -0.124. The summed E-state index contributed by atoms with van der Waals surface area (Å²) in [5, 5.41) is 2.88. The van der Waals surface area contributed by atoms with Gasteiger partial charge in [-0.05, 0) is 30.4 Å². The van der Waals surface area contributed by atoms with Crippen LogP contribution in [0.15, 0.2) is 18.3 Å². The third kappa shape index (κ3) is 6.53. The van der Waals surface area contributed by atoms with Crippen molar-refractivity contribution in [2.45, 2.75) is 33.2 Å². The Morgan fingerprint density at radius 2 is 2.04 bits per heavy atom. The predicted octanol–water partition coefficient (Wildman–Crippen LogP) is 2.37. The molecule has 1 aliphatic rings. The minimum Gasteiger partial charge on any atom is -0.357 e. The predicted molar refractivity (Wildman–Crippen MR) is 99.4 cm³/mol. The number of halogens is 2. The van der Waals surface area contributed by atoms with Gasteiger partial charge in [0, 0.05) is 38.3 Å². The lowest BCUT2D eigenvalue weighted by atomic mass is 9.99. The summed E-state index contributed by atoms with van der Waals surface area (Å²) in [6.07, 6.45) is 4.31. The van der Waals surface area contributed by atoms with Crippen LogP contribution in [0.5, 0.6) is 0 Å². The summed E-state index contributed by atoms with van der Waals surface area (Å²) < 4.78 is 0. The van der Waals surface area contributed by atoms with Crippen molar-refractivity contribution in [3.63, 3.8) is 0 Å². The second-order valence-electron chi connectivity index (χ2n) is 6.05. The fourth-order valence-corrected chi connectivity index (χ4v) is 2.42. The highest BCUT2D eigenvalue weighted by Crippen LogP contribution is 2.21. The smallest absolute Gasteiger partial charge is 0.224 e. The molecular formula is C16H28Cl2N4O. The summed E-state index contributed by atoms with van der Waals surface area (Å²) >= 11 is 0. The standard InChI is InChI=1S/C16H26N4O.2ClH/c1-12-5-7-20(8-6-12)15-4-3-14(10-18-15)11-19-16(21)13(2)9-17;;/h3-4,10,12-13H,5-9,11,17H2,1-2H3,(H,19,21);2*1H. The Hall–Kier alpha value is -1.04. The first-order valence-corrected chi connectivity index (χ1v) is 7.77. The van der Waals surface area contributed by atoms with Crippen LogP contribution in [-0.4, -0.2) is 30.5 Å². The van der Waals surface area contributed by atoms with Gasteiger partial charge in [0.05, 0.1) is 0 Å². The molecule has 1 aliphatic heterocycles. The highest BCUT2D eigenvalue weighted by atomic mass is 35.5. The molecule has 1 saturated heterocycles. The number of hydrogen-bond donors (Lipinski definition) is 2. The van der Waals surface area contributed by atoms with E-state index in [0.717, 1.165) is 30.4 Å². The normalized spacial score (nSPS) is 16.0. The molecule has 1 amide bonds. The number of nitrogens with one attached hydrogen (secondary N) is 1. The zero-order chi connectivity index (χ0) is 15.2. The van der Waals surface area contributed by atoms with Gasteiger partial charge in [0.25, 0.3) is 0 Å². The van der Waals surface area contributed by atoms with Crippen molar-refractivity contribution in [1.29, 1.82) is 0 Å². The Morgan fingerprint density at radius 3 is 2.57 bits per heavy atom. The van der Waals surface area contributed by atoms with Crippen molar-refractivity contribution in [3.8, 4) is 0 Å². The van der Waals surface area contributed by atoms with E-state index in [4.69, 9.17) is 5.73 Å². The first-order valence-electron chi connectivity index (χ1n) is 7.77. The molecule has 1 aromatic rings. The topological polar surface area (TPSA) is 71.2 Å². The lowest BCUT2D eigenvalue weighted by Crippen LogP contribution is -2.33. The monoisotopic (exact) mass is 362 g/mol. The average molecular weight is 363 g/mol. The van der Waals surface area contributed by atoms with E-state index in [-0.39, 0.29) is 36.6 Å². The van der Waals surface area contributed by atoms with Gasteiger partial charge in [-0.15, -0.1) is 24.8 Å². The Labute approximate surface area is 151 Å². The van der Waals surface area contributed by atoms with Gasteiger partial charge in [-0.25, -0.2) is 4.98 Å². The number of nitrogens with two attached hydrogens (primary N) is 1. The summed E-state index contributed by atoms with van der Waals surface area (Å²) in [5.74, 6) is 1.70. The molecule has 1 aromatic heterocycles. The highest BCUT2D eigenvalue weighted by molar-refractivity contribution is 5.85. The maximum absolute atomic E-state index is 11.7. The van der Waals surface area contributed by atoms with Crippen LogP contribution >= 0.6 is 24.8 Å². The molecule has 0 aliphatic carbocycles. The van der Waals surface area contributed by atoms with Crippen molar-refractivity contribution >= 4 is 36.5 Å². The van der Waals surface area contributed by atoms with Gasteiger partial charge in [-0.2, -0.15) is 0 Å². The summed E-state index contributed by atoms with van der Waals surface area (Å²) in [6.45, 7) is 7.17. The number of carbonyl (C=O) groups is 1. The fraction of sp³-hybridized carbons (Fsp3) is 0.625. The first kappa shape index (κ1) is 22.0. The molecule has 0 spiro atoms. The van der Waals surface area contributed by atoms with Gasteiger partial charge in [0.2, 0.25) is 5.91 Å². The van der Waals surface area contributed by atoms with Crippen LogP contribution in [0.3, 0.4) is 0 Å². The molecule has 1 atom stereocenters. The van der Waals surface area contributed by atoms with Crippen LogP contribution in [-0.2, 0) is 11.3 Å². The number of anilines is 1. The molecule has 2 rings (SSSR count). The minimum atomic E-state index is -0.146. The van der Waals surface area contributed by atoms with Crippen LogP contribution in [0, 0.1) is 11.8 Å². The molecular weight excluding hydrogens is 335 g/mol. The van der Waals surface area contributed by atoms with Crippen molar-refractivity contribution in [2.75, 3.05) is 24.5 Å². The summed E-state index contributed by atoms with van der Waals surface area (Å²) in [6, 6.07) is 4.08.